The van der Waals surface area contributed by atoms with E-state index in [1.807, 2.05) is 0 Å². The number of halogens is 1. The van der Waals surface area contributed by atoms with E-state index in [9.17, 15) is 14.7 Å². The monoisotopic (exact) mass is 304 g/mol. The maximum atomic E-state index is 12.1. The second-order valence-electron chi connectivity index (χ2n) is 4.37. The molecule has 0 bridgehead atoms. The van der Waals surface area contributed by atoms with Crippen molar-refractivity contribution in [2.24, 2.45) is 0 Å². The fourth-order valence-corrected chi connectivity index (χ4v) is 1.88. The molecule has 0 fully saturated rings. The van der Waals surface area contributed by atoms with E-state index >= 15 is 0 Å². The van der Waals surface area contributed by atoms with E-state index in [0.29, 0.717) is 16.3 Å². The van der Waals surface area contributed by atoms with Gasteiger partial charge in [-0.1, -0.05) is 11.6 Å². The van der Waals surface area contributed by atoms with Crippen LogP contribution in [0.25, 0.3) is 0 Å². The lowest BCUT2D eigenvalue weighted by Crippen LogP contribution is -2.12. The Morgan fingerprint density at radius 3 is 2.33 bits per heavy atom. The second-order valence-corrected chi connectivity index (χ2v) is 4.81. The Morgan fingerprint density at radius 2 is 1.71 bits per heavy atom. The molecule has 0 heterocycles. The van der Waals surface area contributed by atoms with Gasteiger partial charge in [-0.05, 0) is 42.5 Å². The highest BCUT2D eigenvalue weighted by molar-refractivity contribution is 6.31. The van der Waals surface area contributed by atoms with Crippen LogP contribution in [0, 0.1) is 0 Å². The molecule has 0 aliphatic rings. The Kier molecular flexibility index (Phi) is 4.45. The third-order valence-electron chi connectivity index (χ3n) is 2.67. The average Bonchev–Trinajstić information content (AvgIpc) is 2.43. The first-order valence-corrected chi connectivity index (χ1v) is 6.51. The Bertz CT molecular complexity index is 684. The summed E-state index contributed by atoms with van der Waals surface area (Å²) in [6.45, 7) is 1.41. The van der Waals surface area contributed by atoms with Crippen molar-refractivity contribution in [2.75, 3.05) is 10.6 Å². The molecular formula is C15H13ClN2O3. The summed E-state index contributed by atoms with van der Waals surface area (Å²) in [7, 11) is 0. The van der Waals surface area contributed by atoms with Crippen LogP contribution in [0.5, 0.6) is 5.75 Å². The van der Waals surface area contributed by atoms with Gasteiger partial charge in [-0.15, -0.1) is 0 Å². The van der Waals surface area contributed by atoms with Crippen molar-refractivity contribution >= 4 is 34.8 Å². The van der Waals surface area contributed by atoms with E-state index in [4.69, 9.17) is 11.6 Å². The summed E-state index contributed by atoms with van der Waals surface area (Å²) in [5.41, 5.74) is 1.23. The van der Waals surface area contributed by atoms with E-state index in [1.165, 1.54) is 25.1 Å². The third-order valence-corrected chi connectivity index (χ3v) is 2.91. The molecule has 0 saturated carbocycles. The molecule has 0 radical (unpaired) electrons. The van der Waals surface area contributed by atoms with E-state index < -0.39 is 0 Å². The Hall–Kier alpha value is -2.53. The summed E-state index contributed by atoms with van der Waals surface area (Å²) in [5, 5.41) is 15.2. The predicted octanol–water partition coefficient (Wildman–Crippen LogP) is 3.26. The maximum Gasteiger partial charge on any atom is 0.255 e. The summed E-state index contributed by atoms with van der Waals surface area (Å²) < 4.78 is 0. The number of carbonyl (C=O) groups is 2. The van der Waals surface area contributed by atoms with E-state index in [1.54, 1.807) is 24.3 Å². The minimum atomic E-state index is -0.387. The van der Waals surface area contributed by atoms with Crippen molar-refractivity contribution in [1.29, 1.82) is 0 Å². The lowest BCUT2D eigenvalue weighted by Gasteiger charge is -2.08. The zero-order valence-corrected chi connectivity index (χ0v) is 11.9. The van der Waals surface area contributed by atoms with Gasteiger partial charge in [0, 0.05) is 23.2 Å². The summed E-state index contributed by atoms with van der Waals surface area (Å²) >= 11 is 5.81. The van der Waals surface area contributed by atoms with Crippen LogP contribution in [0.2, 0.25) is 5.02 Å². The molecule has 0 spiro atoms. The second kappa shape index (κ2) is 6.28. The normalized spacial score (nSPS) is 10.0. The zero-order chi connectivity index (χ0) is 15.4. The highest BCUT2D eigenvalue weighted by atomic mass is 35.5. The van der Waals surface area contributed by atoms with Crippen LogP contribution in [0.4, 0.5) is 11.4 Å². The lowest BCUT2D eigenvalue weighted by atomic mass is 10.2. The number of anilines is 2. The quantitative estimate of drug-likeness (QED) is 0.762. The number of hydrogen-bond acceptors (Lipinski definition) is 3. The highest BCUT2D eigenvalue weighted by Gasteiger charge is 2.09. The fourth-order valence-electron chi connectivity index (χ4n) is 1.71. The van der Waals surface area contributed by atoms with Gasteiger partial charge in [0.25, 0.3) is 5.91 Å². The van der Waals surface area contributed by atoms with Crippen LogP contribution in [-0.2, 0) is 4.79 Å². The summed E-state index contributed by atoms with van der Waals surface area (Å²) in [4.78, 5) is 23.0. The molecule has 5 nitrogen and oxygen atoms in total. The topological polar surface area (TPSA) is 78.4 Å². The van der Waals surface area contributed by atoms with Crippen LogP contribution in [0.15, 0.2) is 42.5 Å². The Balaban J connectivity index is 2.13. The number of carbonyl (C=O) groups excluding carboxylic acids is 2. The van der Waals surface area contributed by atoms with Gasteiger partial charge >= 0.3 is 0 Å². The molecule has 0 atom stereocenters. The third kappa shape index (κ3) is 3.97. The molecule has 0 aromatic heterocycles. The van der Waals surface area contributed by atoms with Crippen molar-refractivity contribution in [3.05, 3.63) is 53.1 Å². The molecular weight excluding hydrogens is 292 g/mol. The Labute approximate surface area is 126 Å². The van der Waals surface area contributed by atoms with Gasteiger partial charge in [-0.25, -0.2) is 0 Å². The lowest BCUT2D eigenvalue weighted by molar-refractivity contribution is -0.114. The van der Waals surface area contributed by atoms with Crippen molar-refractivity contribution < 1.29 is 14.7 Å². The summed E-state index contributed by atoms with van der Waals surface area (Å²) in [5.74, 6) is -0.638. The van der Waals surface area contributed by atoms with Gasteiger partial charge in [0.05, 0.1) is 5.69 Å². The molecule has 2 rings (SSSR count). The largest absolute Gasteiger partial charge is 0.506 e. The van der Waals surface area contributed by atoms with Crippen LogP contribution in [0.3, 0.4) is 0 Å². The summed E-state index contributed by atoms with van der Waals surface area (Å²) in [6.07, 6.45) is 0. The molecule has 21 heavy (non-hydrogen) atoms. The fraction of sp³-hybridized carbons (Fsp3) is 0.0667. The van der Waals surface area contributed by atoms with Crippen LogP contribution >= 0.6 is 11.6 Å². The van der Waals surface area contributed by atoms with Crippen molar-refractivity contribution in [3.63, 3.8) is 0 Å². The number of amides is 2. The smallest absolute Gasteiger partial charge is 0.255 e. The average molecular weight is 305 g/mol. The number of phenols is 1. The van der Waals surface area contributed by atoms with E-state index in [0.717, 1.165) is 0 Å². The number of hydrogen-bond donors (Lipinski definition) is 3. The van der Waals surface area contributed by atoms with Gasteiger partial charge in [-0.3, -0.25) is 9.59 Å². The van der Waals surface area contributed by atoms with Gasteiger partial charge < -0.3 is 15.7 Å². The molecule has 0 unspecified atom stereocenters. The SMILES string of the molecule is CC(=O)Nc1ccc(C(=O)Nc2cc(Cl)ccc2O)cc1. The van der Waals surface area contributed by atoms with Gasteiger partial charge in [0.2, 0.25) is 5.91 Å². The van der Waals surface area contributed by atoms with Crippen LogP contribution in [0.1, 0.15) is 17.3 Å². The first kappa shape index (κ1) is 14.9. The minimum Gasteiger partial charge on any atom is -0.506 e. The van der Waals surface area contributed by atoms with Gasteiger partial charge in [0.1, 0.15) is 5.75 Å². The number of aromatic hydroxyl groups is 1. The molecule has 3 N–H and O–H groups in total. The standard InChI is InChI=1S/C15H13ClN2O3/c1-9(19)17-12-5-2-10(3-6-12)15(21)18-13-8-11(16)4-7-14(13)20/h2-8,20H,1H3,(H,17,19)(H,18,21). The first-order chi connectivity index (χ1) is 9.95. The minimum absolute atomic E-state index is 0.0670. The van der Waals surface area contributed by atoms with Crippen molar-refractivity contribution in [2.45, 2.75) is 6.92 Å². The predicted molar refractivity (Wildman–Crippen MR) is 81.8 cm³/mol. The molecule has 2 aromatic rings. The molecule has 0 aliphatic heterocycles. The number of nitrogens with one attached hydrogen (secondary N) is 2. The van der Waals surface area contributed by atoms with Crippen LogP contribution in [-0.4, -0.2) is 16.9 Å². The van der Waals surface area contributed by atoms with Gasteiger partial charge in [-0.2, -0.15) is 0 Å². The Morgan fingerprint density at radius 1 is 1.05 bits per heavy atom. The van der Waals surface area contributed by atoms with Gasteiger partial charge in [0.15, 0.2) is 0 Å². The number of phenolic OH excluding ortho intramolecular Hbond substituents is 1. The molecule has 2 amide bonds. The highest BCUT2D eigenvalue weighted by Crippen LogP contribution is 2.27. The van der Waals surface area contributed by atoms with E-state index in [2.05, 4.69) is 10.6 Å². The van der Waals surface area contributed by atoms with Crippen molar-refractivity contribution in [1.82, 2.24) is 0 Å². The van der Waals surface area contributed by atoms with Crippen LogP contribution < -0.4 is 10.6 Å². The molecule has 2 aromatic carbocycles. The first-order valence-electron chi connectivity index (χ1n) is 6.13. The summed E-state index contributed by atoms with van der Waals surface area (Å²) in [6, 6.07) is 10.8. The zero-order valence-electron chi connectivity index (χ0n) is 11.2. The van der Waals surface area contributed by atoms with Crippen molar-refractivity contribution in [3.8, 4) is 5.75 Å². The number of rotatable bonds is 3. The molecule has 0 aliphatic carbocycles. The molecule has 0 saturated heterocycles. The molecule has 6 heteroatoms. The molecule has 108 valence electrons. The number of benzene rings is 2. The van der Waals surface area contributed by atoms with E-state index in [-0.39, 0.29) is 23.3 Å². The maximum absolute atomic E-state index is 12.1.